The van der Waals surface area contributed by atoms with E-state index in [0.717, 1.165) is 16.5 Å². The van der Waals surface area contributed by atoms with Crippen LogP contribution in [0.25, 0.3) is 0 Å². The first kappa shape index (κ1) is 17.4. The van der Waals surface area contributed by atoms with Crippen molar-refractivity contribution in [3.8, 4) is 5.75 Å². The van der Waals surface area contributed by atoms with Crippen LogP contribution < -0.4 is 10.1 Å². The Morgan fingerprint density at radius 2 is 2.00 bits per heavy atom. The summed E-state index contributed by atoms with van der Waals surface area (Å²) >= 11 is 7.30. The monoisotopic (exact) mass is 373 g/mol. The first-order chi connectivity index (χ1) is 12.1. The van der Waals surface area contributed by atoms with Crippen molar-refractivity contribution in [1.29, 1.82) is 0 Å². The van der Waals surface area contributed by atoms with Crippen LogP contribution in [0.1, 0.15) is 16.4 Å². The highest BCUT2D eigenvalue weighted by Crippen LogP contribution is 2.18. The van der Waals surface area contributed by atoms with Crippen molar-refractivity contribution in [3.05, 3.63) is 69.3 Å². The minimum absolute atomic E-state index is 0.145. The first-order valence-corrected chi connectivity index (χ1v) is 8.89. The highest BCUT2D eigenvalue weighted by Gasteiger charge is 2.09. The van der Waals surface area contributed by atoms with Gasteiger partial charge < -0.3 is 10.1 Å². The molecule has 25 heavy (non-hydrogen) atoms. The lowest BCUT2D eigenvalue weighted by atomic mass is 10.3. The van der Waals surface area contributed by atoms with Gasteiger partial charge in [0, 0.05) is 16.1 Å². The Labute approximate surface area is 154 Å². The number of carbonyl (C=O) groups excluding carboxylic acids is 1. The lowest BCUT2D eigenvalue weighted by Gasteiger charge is -2.04. The van der Waals surface area contributed by atoms with Crippen LogP contribution in [0.2, 0.25) is 5.02 Å². The van der Waals surface area contributed by atoms with E-state index in [1.807, 2.05) is 24.4 Å². The molecule has 1 amide bonds. The van der Waals surface area contributed by atoms with E-state index in [9.17, 15) is 4.79 Å². The van der Waals surface area contributed by atoms with Crippen molar-refractivity contribution in [3.63, 3.8) is 0 Å². The van der Waals surface area contributed by atoms with E-state index in [2.05, 4.69) is 15.3 Å². The Morgan fingerprint density at radius 3 is 2.76 bits per heavy atom. The fourth-order valence-corrected chi connectivity index (χ4v) is 2.97. The molecule has 0 atom stereocenters. The third-order valence-electron chi connectivity index (χ3n) is 3.27. The fourth-order valence-electron chi connectivity index (χ4n) is 2.14. The molecule has 3 rings (SSSR count). The Balaban J connectivity index is 1.52. The Morgan fingerprint density at radius 1 is 1.20 bits per heavy atom. The van der Waals surface area contributed by atoms with Gasteiger partial charge in [-0.05, 0) is 43.3 Å². The number of aryl methyl sites for hydroxylation is 1. The molecule has 2 heterocycles. The second-order valence-electron chi connectivity index (χ2n) is 5.36. The zero-order valence-electron chi connectivity index (χ0n) is 13.5. The van der Waals surface area contributed by atoms with Gasteiger partial charge in [0.15, 0.2) is 0 Å². The molecule has 0 aliphatic heterocycles. The standard InChI is InChI=1S/C18H16ClN3O2S/c1-12-3-2-4-16(20-12)22-17(23)9-14-11-25-18(21-14)10-24-15-7-5-13(19)6-8-15/h2-8,11H,9-10H2,1H3,(H,20,22,23). The van der Waals surface area contributed by atoms with E-state index in [1.165, 1.54) is 11.3 Å². The first-order valence-electron chi connectivity index (χ1n) is 7.63. The predicted octanol–water partition coefficient (Wildman–Crippen LogP) is 4.26. The summed E-state index contributed by atoms with van der Waals surface area (Å²) in [5.41, 5.74) is 1.57. The van der Waals surface area contributed by atoms with Crippen molar-refractivity contribution in [2.45, 2.75) is 20.0 Å². The summed E-state index contributed by atoms with van der Waals surface area (Å²) in [4.78, 5) is 20.8. The number of rotatable bonds is 6. The molecular formula is C18H16ClN3O2S. The van der Waals surface area contributed by atoms with Gasteiger partial charge in [0.05, 0.1) is 12.1 Å². The second kappa shape index (κ2) is 8.09. The minimum Gasteiger partial charge on any atom is -0.486 e. The summed E-state index contributed by atoms with van der Waals surface area (Å²) in [5.74, 6) is 1.13. The zero-order valence-corrected chi connectivity index (χ0v) is 15.1. The van der Waals surface area contributed by atoms with Gasteiger partial charge in [0.1, 0.15) is 23.2 Å². The summed E-state index contributed by atoms with van der Waals surface area (Å²) in [6.07, 6.45) is 0.201. The number of amides is 1. The number of nitrogens with one attached hydrogen (secondary N) is 1. The Bertz CT molecular complexity index is 865. The number of anilines is 1. The Kier molecular flexibility index (Phi) is 5.63. The number of ether oxygens (including phenoxy) is 1. The van der Waals surface area contributed by atoms with Crippen LogP contribution in [0.3, 0.4) is 0 Å². The van der Waals surface area contributed by atoms with E-state index in [4.69, 9.17) is 16.3 Å². The molecule has 0 spiro atoms. The van der Waals surface area contributed by atoms with E-state index in [-0.39, 0.29) is 12.3 Å². The topological polar surface area (TPSA) is 64.1 Å². The number of benzene rings is 1. The van der Waals surface area contributed by atoms with Gasteiger partial charge >= 0.3 is 0 Å². The maximum Gasteiger partial charge on any atom is 0.231 e. The molecule has 0 aliphatic rings. The van der Waals surface area contributed by atoms with Gasteiger partial charge in [-0.15, -0.1) is 11.3 Å². The summed E-state index contributed by atoms with van der Waals surface area (Å²) < 4.78 is 5.65. The van der Waals surface area contributed by atoms with Crippen molar-refractivity contribution in [2.75, 3.05) is 5.32 Å². The van der Waals surface area contributed by atoms with Crippen LogP contribution in [0.15, 0.2) is 47.8 Å². The molecule has 5 nitrogen and oxygen atoms in total. The summed E-state index contributed by atoms with van der Waals surface area (Å²) in [7, 11) is 0. The summed E-state index contributed by atoms with van der Waals surface area (Å²) in [6.45, 7) is 2.23. The maximum atomic E-state index is 12.1. The second-order valence-corrected chi connectivity index (χ2v) is 6.74. The van der Waals surface area contributed by atoms with E-state index in [1.54, 1.807) is 30.3 Å². The molecule has 1 N–H and O–H groups in total. The Hall–Kier alpha value is -2.44. The molecule has 2 aromatic heterocycles. The highest BCUT2D eigenvalue weighted by molar-refractivity contribution is 7.09. The normalized spacial score (nSPS) is 10.5. The van der Waals surface area contributed by atoms with Crippen molar-refractivity contribution in [1.82, 2.24) is 9.97 Å². The number of nitrogens with zero attached hydrogens (tertiary/aromatic N) is 2. The molecule has 0 radical (unpaired) electrons. The fraction of sp³-hybridized carbons (Fsp3) is 0.167. The van der Waals surface area contributed by atoms with Gasteiger partial charge in [-0.3, -0.25) is 4.79 Å². The highest BCUT2D eigenvalue weighted by atomic mass is 35.5. The van der Waals surface area contributed by atoms with Crippen molar-refractivity contribution in [2.24, 2.45) is 0 Å². The lowest BCUT2D eigenvalue weighted by molar-refractivity contribution is -0.115. The van der Waals surface area contributed by atoms with E-state index < -0.39 is 0 Å². The van der Waals surface area contributed by atoms with Gasteiger partial charge in [-0.2, -0.15) is 0 Å². The van der Waals surface area contributed by atoms with E-state index >= 15 is 0 Å². The molecule has 0 saturated heterocycles. The number of thiazole rings is 1. The third-order valence-corrected chi connectivity index (χ3v) is 4.40. The summed E-state index contributed by atoms with van der Waals surface area (Å²) in [6, 6.07) is 12.6. The smallest absolute Gasteiger partial charge is 0.231 e. The van der Waals surface area contributed by atoms with Gasteiger partial charge in [-0.1, -0.05) is 17.7 Å². The maximum absolute atomic E-state index is 12.1. The van der Waals surface area contributed by atoms with Crippen LogP contribution >= 0.6 is 22.9 Å². The van der Waals surface area contributed by atoms with Gasteiger partial charge in [0.25, 0.3) is 0 Å². The molecular weight excluding hydrogens is 358 g/mol. The lowest BCUT2D eigenvalue weighted by Crippen LogP contribution is -2.15. The third kappa shape index (κ3) is 5.27. The molecule has 3 aromatic rings. The molecule has 0 aliphatic carbocycles. The molecule has 128 valence electrons. The summed E-state index contributed by atoms with van der Waals surface area (Å²) in [5, 5.41) is 6.12. The van der Waals surface area contributed by atoms with Crippen molar-refractivity contribution >= 4 is 34.7 Å². The molecule has 1 aromatic carbocycles. The van der Waals surface area contributed by atoms with Gasteiger partial charge in [-0.25, -0.2) is 9.97 Å². The molecule has 0 bridgehead atoms. The SMILES string of the molecule is Cc1cccc(NC(=O)Cc2csc(COc3ccc(Cl)cc3)n2)n1. The van der Waals surface area contributed by atoms with Gasteiger partial charge in [0.2, 0.25) is 5.91 Å². The van der Waals surface area contributed by atoms with Crippen molar-refractivity contribution < 1.29 is 9.53 Å². The number of halogens is 1. The quantitative estimate of drug-likeness (QED) is 0.701. The molecule has 7 heteroatoms. The molecule has 0 unspecified atom stereocenters. The molecule has 0 saturated carbocycles. The minimum atomic E-state index is -0.145. The number of carbonyl (C=O) groups is 1. The average molecular weight is 374 g/mol. The van der Waals surface area contributed by atoms with Crippen LogP contribution in [0.5, 0.6) is 5.75 Å². The number of pyridine rings is 1. The van der Waals surface area contributed by atoms with Crippen LogP contribution in [-0.2, 0) is 17.8 Å². The number of hydrogen-bond donors (Lipinski definition) is 1. The molecule has 0 fully saturated rings. The van der Waals surface area contributed by atoms with E-state index in [0.29, 0.717) is 23.1 Å². The number of hydrogen-bond acceptors (Lipinski definition) is 5. The predicted molar refractivity (Wildman–Crippen MR) is 99.2 cm³/mol. The zero-order chi connectivity index (χ0) is 17.6. The van der Waals surface area contributed by atoms with Crippen LogP contribution in [0.4, 0.5) is 5.82 Å². The van der Waals surface area contributed by atoms with Crippen LogP contribution in [-0.4, -0.2) is 15.9 Å². The van der Waals surface area contributed by atoms with Crippen LogP contribution in [0, 0.1) is 6.92 Å². The average Bonchev–Trinajstić information content (AvgIpc) is 3.01. The number of aromatic nitrogens is 2. The largest absolute Gasteiger partial charge is 0.486 e.